The minimum atomic E-state index is 0.173. The number of nitrogens with zero attached hydrogens (tertiary/aromatic N) is 2. The smallest absolute Gasteiger partial charge is 0.253 e. The first-order valence-corrected chi connectivity index (χ1v) is 8.78. The monoisotopic (exact) mass is 316 g/mol. The molecule has 0 N–H and O–H groups in total. The van der Waals surface area contributed by atoms with Crippen LogP contribution in [0.1, 0.15) is 42.6 Å². The van der Waals surface area contributed by atoms with Gasteiger partial charge in [0, 0.05) is 37.8 Å². The molecule has 2 aliphatic rings. The molecule has 4 nitrogen and oxygen atoms in total. The molecule has 2 heterocycles. The molecule has 2 aliphatic heterocycles. The van der Waals surface area contributed by atoms with Gasteiger partial charge < -0.3 is 9.64 Å². The van der Waals surface area contributed by atoms with Gasteiger partial charge in [0.05, 0.1) is 12.2 Å². The molecular weight excluding hydrogens is 288 g/mol. The number of amides is 1. The van der Waals surface area contributed by atoms with Gasteiger partial charge in [-0.2, -0.15) is 0 Å². The number of carbonyl (C=O) groups is 1. The molecule has 2 fully saturated rings. The maximum absolute atomic E-state index is 12.6. The summed E-state index contributed by atoms with van der Waals surface area (Å²) in [6, 6.07) is 8.49. The number of rotatable bonds is 2. The second kappa shape index (κ2) is 7.02. The summed E-state index contributed by atoms with van der Waals surface area (Å²) in [6.45, 7) is 10.1. The van der Waals surface area contributed by atoms with E-state index in [0.29, 0.717) is 18.2 Å². The van der Waals surface area contributed by atoms with E-state index in [1.165, 1.54) is 5.56 Å². The lowest BCUT2D eigenvalue weighted by molar-refractivity contribution is -0.0856. The lowest BCUT2D eigenvalue weighted by Gasteiger charge is -2.43. The SMILES string of the molecule is Cc1ccc(C(=O)N2CCC(N3C[C@@H](C)O[C@@H](C)C3)CC2)cc1. The van der Waals surface area contributed by atoms with E-state index in [4.69, 9.17) is 4.74 Å². The second-order valence-electron chi connectivity index (χ2n) is 7.10. The van der Waals surface area contributed by atoms with Gasteiger partial charge in [-0.1, -0.05) is 17.7 Å². The molecule has 0 bridgehead atoms. The van der Waals surface area contributed by atoms with Gasteiger partial charge >= 0.3 is 0 Å². The van der Waals surface area contributed by atoms with Gasteiger partial charge in [0.25, 0.3) is 5.91 Å². The van der Waals surface area contributed by atoms with Crippen LogP contribution in [0.4, 0.5) is 0 Å². The average Bonchev–Trinajstić information content (AvgIpc) is 2.54. The van der Waals surface area contributed by atoms with Crippen LogP contribution in [0.3, 0.4) is 0 Å². The summed E-state index contributed by atoms with van der Waals surface area (Å²) in [4.78, 5) is 17.2. The lowest BCUT2D eigenvalue weighted by Crippen LogP contribution is -2.53. The molecule has 0 aromatic heterocycles. The van der Waals surface area contributed by atoms with Gasteiger partial charge in [0.2, 0.25) is 0 Å². The summed E-state index contributed by atoms with van der Waals surface area (Å²) in [5, 5.41) is 0. The number of morpholine rings is 1. The molecule has 0 aliphatic carbocycles. The maximum atomic E-state index is 12.6. The van der Waals surface area contributed by atoms with Gasteiger partial charge in [-0.15, -0.1) is 0 Å². The fourth-order valence-electron chi connectivity index (χ4n) is 3.83. The van der Waals surface area contributed by atoms with Crippen molar-refractivity contribution in [2.75, 3.05) is 26.2 Å². The molecule has 0 unspecified atom stereocenters. The van der Waals surface area contributed by atoms with Crippen LogP contribution in [0.25, 0.3) is 0 Å². The molecule has 1 aromatic rings. The van der Waals surface area contributed by atoms with Crippen LogP contribution in [0, 0.1) is 6.92 Å². The first-order chi connectivity index (χ1) is 11.0. The zero-order valence-corrected chi connectivity index (χ0v) is 14.5. The Hall–Kier alpha value is -1.39. The highest BCUT2D eigenvalue weighted by atomic mass is 16.5. The van der Waals surface area contributed by atoms with Gasteiger partial charge in [-0.05, 0) is 45.7 Å². The molecular formula is C19H28N2O2. The molecule has 0 saturated carbocycles. The van der Waals surface area contributed by atoms with Crippen LogP contribution in [0.2, 0.25) is 0 Å². The average molecular weight is 316 g/mol. The van der Waals surface area contributed by atoms with Crippen LogP contribution < -0.4 is 0 Å². The summed E-state index contributed by atoms with van der Waals surface area (Å²) in [7, 11) is 0. The number of benzene rings is 1. The summed E-state index contributed by atoms with van der Waals surface area (Å²) < 4.78 is 5.83. The van der Waals surface area contributed by atoms with Crippen molar-refractivity contribution >= 4 is 5.91 Å². The molecule has 0 radical (unpaired) electrons. The number of hydrogen-bond acceptors (Lipinski definition) is 3. The Kier molecular flexibility index (Phi) is 5.02. The number of aryl methyl sites for hydroxylation is 1. The Bertz CT molecular complexity index is 525. The standard InChI is InChI=1S/C19H28N2O2/c1-14-4-6-17(7-5-14)19(22)20-10-8-18(9-11-20)21-12-15(2)23-16(3)13-21/h4-7,15-16,18H,8-13H2,1-3H3/t15-,16+. The van der Waals surface area contributed by atoms with Gasteiger partial charge in [-0.25, -0.2) is 0 Å². The predicted octanol–water partition coefficient (Wildman–Crippen LogP) is 2.71. The summed E-state index contributed by atoms with van der Waals surface area (Å²) in [5.74, 6) is 0.173. The van der Waals surface area contributed by atoms with Crippen molar-refractivity contribution in [1.29, 1.82) is 0 Å². The summed E-state index contributed by atoms with van der Waals surface area (Å²) in [6.07, 6.45) is 2.76. The highest BCUT2D eigenvalue weighted by molar-refractivity contribution is 5.94. The van der Waals surface area contributed by atoms with Crippen molar-refractivity contribution in [3.05, 3.63) is 35.4 Å². The van der Waals surface area contributed by atoms with E-state index < -0.39 is 0 Å². The van der Waals surface area contributed by atoms with Crippen molar-refractivity contribution in [3.63, 3.8) is 0 Å². The first-order valence-electron chi connectivity index (χ1n) is 8.78. The van der Waals surface area contributed by atoms with Crippen molar-refractivity contribution in [1.82, 2.24) is 9.80 Å². The molecule has 1 aromatic carbocycles. The van der Waals surface area contributed by atoms with Gasteiger partial charge in [-0.3, -0.25) is 9.69 Å². The van der Waals surface area contributed by atoms with E-state index in [0.717, 1.165) is 44.6 Å². The topological polar surface area (TPSA) is 32.8 Å². The molecule has 0 spiro atoms. The van der Waals surface area contributed by atoms with E-state index in [1.54, 1.807) is 0 Å². The van der Waals surface area contributed by atoms with E-state index in [2.05, 4.69) is 18.7 Å². The minimum Gasteiger partial charge on any atom is -0.373 e. The molecule has 3 rings (SSSR count). The van der Waals surface area contributed by atoms with Crippen molar-refractivity contribution < 1.29 is 9.53 Å². The molecule has 2 atom stereocenters. The maximum Gasteiger partial charge on any atom is 0.253 e. The van der Waals surface area contributed by atoms with Gasteiger partial charge in [0.1, 0.15) is 0 Å². The lowest BCUT2D eigenvalue weighted by atomic mass is 10.0. The Morgan fingerprint density at radius 1 is 1.04 bits per heavy atom. The van der Waals surface area contributed by atoms with Crippen molar-refractivity contribution in [3.8, 4) is 0 Å². The second-order valence-corrected chi connectivity index (χ2v) is 7.10. The number of likely N-dealkylation sites (tertiary alicyclic amines) is 1. The summed E-state index contributed by atoms with van der Waals surface area (Å²) >= 11 is 0. The Balaban J connectivity index is 1.55. The zero-order chi connectivity index (χ0) is 16.4. The largest absolute Gasteiger partial charge is 0.373 e. The van der Waals surface area contributed by atoms with Crippen molar-refractivity contribution in [2.24, 2.45) is 0 Å². The van der Waals surface area contributed by atoms with Gasteiger partial charge in [0.15, 0.2) is 0 Å². The minimum absolute atomic E-state index is 0.173. The highest BCUT2D eigenvalue weighted by Gasteiger charge is 2.31. The number of ether oxygens (including phenoxy) is 1. The van der Waals surface area contributed by atoms with Crippen LogP contribution >= 0.6 is 0 Å². The molecule has 126 valence electrons. The van der Waals surface area contributed by atoms with Crippen LogP contribution in [0.15, 0.2) is 24.3 Å². The fourth-order valence-corrected chi connectivity index (χ4v) is 3.83. The number of piperidine rings is 1. The Morgan fingerprint density at radius 3 is 2.17 bits per heavy atom. The third-order valence-corrected chi connectivity index (χ3v) is 5.01. The van der Waals surface area contributed by atoms with E-state index in [9.17, 15) is 4.79 Å². The highest BCUT2D eigenvalue weighted by Crippen LogP contribution is 2.22. The third kappa shape index (κ3) is 3.93. The fraction of sp³-hybridized carbons (Fsp3) is 0.632. The first kappa shape index (κ1) is 16.5. The van der Waals surface area contributed by atoms with Crippen LogP contribution in [-0.2, 0) is 4.74 Å². The van der Waals surface area contributed by atoms with Crippen LogP contribution in [-0.4, -0.2) is 60.1 Å². The van der Waals surface area contributed by atoms with E-state index in [-0.39, 0.29) is 5.91 Å². The Morgan fingerprint density at radius 2 is 1.61 bits per heavy atom. The normalized spacial score (nSPS) is 27.2. The quantitative estimate of drug-likeness (QED) is 0.841. The van der Waals surface area contributed by atoms with Crippen LogP contribution in [0.5, 0.6) is 0 Å². The molecule has 23 heavy (non-hydrogen) atoms. The summed E-state index contributed by atoms with van der Waals surface area (Å²) in [5.41, 5.74) is 2.00. The van der Waals surface area contributed by atoms with E-state index in [1.807, 2.05) is 36.1 Å². The number of hydrogen-bond donors (Lipinski definition) is 0. The molecule has 4 heteroatoms. The van der Waals surface area contributed by atoms with Crippen molar-refractivity contribution in [2.45, 2.75) is 51.9 Å². The third-order valence-electron chi connectivity index (χ3n) is 5.01. The number of carbonyl (C=O) groups excluding carboxylic acids is 1. The Labute approximate surface area is 139 Å². The predicted molar refractivity (Wildman–Crippen MR) is 91.7 cm³/mol. The molecule has 2 saturated heterocycles. The van der Waals surface area contributed by atoms with E-state index >= 15 is 0 Å². The zero-order valence-electron chi connectivity index (χ0n) is 14.5. The molecule has 1 amide bonds.